The molecule has 0 heterocycles. The van der Waals surface area contributed by atoms with Gasteiger partial charge in [0.05, 0.1) is 34.4 Å². The molecule has 8 heteroatoms. The maximum absolute atomic E-state index is 12.8. The molecule has 2 atom stereocenters. The summed E-state index contributed by atoms with van der Waals surface area (Å²) in [4.78, 5) is 37.1. The number of quaternary nitrogens is 1. The number of carboxylic acids is 1. The van der Waals surface area contributed by atoms with Crippen molar-refractivity contribution < 1.29 is 38.2 Å². The first kappa shape index (κ1) is 56.5. The van der Waals surface area contributed by atoms with E-state index >= 15 is 0 Å². The molecule has 8 nitrogen and oxygen atoms in total. The van der Waals surface area contributed by atoms with Crippen molar-refractivity contribution >= 4 is 17.9 Å². The predicted octanol–water partition coefficient (Wildman–Crippen LogP) is 13.8. The predicted molar refractivity (Wildman–Crippen MR) is 248 cm³/mol. The number of likely N-dealkylation sites (N-methyl/N-ethyl adjacent to an activating group) is 1. The molecule has 0 radical (unpaired) electrons. The molecule has 0 aliphatic carbocycles. The van der Waals surface area contributed by atoms with Crippen molar-refractivity contribution in [1.82, 2.24) is 0 Å². The second kappa shape index (κ2) is 42.2. The van der Waals surface area contributed by atoms with Crippen LogP contribution in [0.1, 0.15) is 219 Å². The van der Waals surface area contributed by atoms with E-state index in [0.717, 1.165) is 57.8 Å². The summed E-state index contributed by atoms with van der Waals surface area (Å²) in [6.07, 6.45) is 49.0. The van der Waals surface area contributed by atoms with Crippen molar-refractivity contribution in [3.05, 3.63) is 36.5 Å². The van der Waals surface area contributed by atoms with Crippen LogP contribution in [0, 0.1) is 0 Å². The number of esters is 2. The van der Waals surface area contributed by atoms with Gasteiger partial charge in [-0.15, -0.1) is 0 Å². The molecule has 344 valence electrons. The van der Waals surface area contributed by atoms with Gasteiger partial charge in [0.25, 0.3) is 0 Å². The van der Waals surface area contributed by atoms with E-state index in [2.05, 4.69) is 50.3 Å². The molecule has 0 fully saturated rings. The smallest absolute Gasteiger partial charge is 0.362 e. The number of aliphatic carboxylic acids is 1. The highest BCUT2D eigenvalue weighted by Gasteiger charge is 2.31. The van der Waals surface area contributed by atoms with E-state index in [1.165, 1.54) is 128 Å². The Bertz CT molecular complexity index is 1060. The second-order valence-electron chi connectivity index (χ2n) is 17.7. The molecule has 0 saturated carbocycles. The number of hydrogen-bond donors (Lipinski definition) is 1. The van der Waals surface area contributed by atoms with E-state index in [1.807, 2.05) is 21.1 Å². The zero-order valence-corrected chi connectivity index (χ0v) is 39.2. The van der Waals surface area contributed by atoms with Gasteiger partial charge in [0.15, 0.2) is 12.1 Å². The number of allylic oxidation sites excluding steroid dienone is 6. The zero-order chi connectivity index (χ0) is 43.5. The van der Waals surface area contributed by atoms with Gasteiger partial charge in [-0.2, -0.15) is 0 Å². The van der Waals surface area contributed by atoms with Crippen molar-refractivity contribution in [3.8, 4) is 0 Å². The third-order valence-electron chi connectivity index (χ3n) is 11.0. The summed E-state index contributed by atoms with van der Waals surface area (Å²) in [7, 11) is 5.53. The summed E-state index contributed by atoms with van der Waals surface area (Å²) in [5.74, 6) is -1.48. The standard InChI is InChI=1S/C51H93NO7/c1-6-8-10-12-14-16-18-20-22-24-26-27-29-31-33-35-37-39-41-49(53)58-46-47(45-57-44-43-48(51(55)56)52(3,4)5)59-50(54)42-40-38-36-34-32-30-28-25-23-21-19-17-15-13-11-9-7-2/h15,17,21,23,26-27,47-48H,6-14,16,18-20,22,24-25,28-46H2,1-5H3/p+1/b17-15+,23-21+,27-26+. The molecule has 1 N–H and O–H groups in total. The van der Waals surface area contributed by atoms with Crippen LogP contribution >= 0.6 is 0 Å². The summed E-state index contributed by atoms with van der Waals surface area (Å²) in [6.45, 7) is 4.71. The first-order valence-electron chi connectivity index (χ1n) is 24.5. The average molecular weight is 833 g/mol. The van der Waals surface area contributed by atoms with E-state index in [0.29, 0.717) is 19.3 Å². The third kappa shape index (κ3) is 40.7. The van der Waals surface area contributed by atoms with Gasteiger partial charge in [-0.3, -0.25) is 9.59 Å². The van der Waals surface area contributed by atoms with Gasteiger partial charge in [0, 0.05) is 19.3 Å². The number of nitrogens with zero attached hydrogens (tertiary/aromatic N) is 1. The molecule has 0 aromatic rings. The molecular formula is C51H94NO7+. The van der Waals surface area contributed by atoms with Crippen LogP contribution in [0.15, 0.2) is 36.5 Å². The van der Waals surface area contributed by atoms with Crippen molar-refractivity contribution in [2.24, 2.45) is 0 Å². The Balaban J connectivity index is 4.30. The molecule has 0 aromatic heterocycles. The van der Waals surface area contributed by atoms with Crippen molar-refractivity contribution in [2.75, 3.05) is 41.0 Å². The van der Waals surface area contributed by atoms with Gasteiger partial charge < -0.3 is 23.8 Å². The Morgan fingerprint density at radius 2 is 0.898 bits per heavy atom. The minimum atomic E-state index is -0.876. The normalized spacial score (nSPS) is 13.2. The molecule has 0 aromatic carbocycles. The van der Waals surface area contributed by atoms with Gasteiger partial charge >= 0.3 is 17.9 Å². The maximum atomic E-state index is 12.8. The van der Waals surface area contributed by atoms with E-state index < -0.39 is 18.1 Å². The first-order chi connectivity index (χ1) is 28.6. The molecule has 0 amide bonds. The van der Waals surface area contributed by atoms with Crippen LogP contribution in [0.25, 0.3) is 0 Å². The lowest BCUT2D eigenvalue weighted by Gasteiger charge is -2.31. The van der Waals surface area contributed by atoms with Gasteiger partial charge in [0.2, 0.25) is 0 Å². The number of hydrogen-bond acceptors (Lipinski definition) is 6. The Labute approximate surface area is 364 Å². The molecule has 0 saturated heterocycles. The number of carbonyl (C=O) groups excluding carboxylic acids is 2. The monoisotopic (exact) mass is 833 g/mol. The summed E-state index contributed by atoms with van der Waals surface area (Å²) in [5.41, 5.74) is 0. The number of ether oxygens (including phenoxy) is 3. The fraction of sp³-hybridized carbons (Fsp3) is 0.824. The molecule has 2 unspecified atom stereocenters. The van der Waals surface area contributed by atoms with Gasteiger partial charge in [0.1, 0.15) is 6.61 Å². The van der Waals surface area contributed by atoms with Crippen LogP contribution in [0.2, 0.25) is 0 Å². The molecule has 0 rings (SSSR count). The number of rotatable bonds is 44. The lowest BCUT2D eigenvalue weighted by Crippen LogP contribution is -2.50. The van der Waals surface area contributed by atoms with Crippen LogP contribution < -0.4 is 0 Å². The Kier molecular flexibility index (Phi) is 40.5. The van der Waals surface area contributed by atoms with Crippen LogP contribution in [0.5, 0.6) is 0 Å². The van der Waals surface area contributed by atoms with E-state index in [1.54, 1.807) is 0 Å². The highest BCUT2D eigenvalue weighted by atomic mass is 16.6. The fourth-order valence-electron chi connectivity index (χ4n) is 7.18. The lowest BCUT2D eigenvalue weighted by atomic mass is 10.1. The van der Waals surface area contributed by atoms with Gasteiger partial charge in [-0.05, 0) is 70.6 Å². The molecule has 0 bridgehead atoms. The lowest BCUT2D eigenvalue weighted by molar-refractivity contribution is -0.887. The quantitative estimate of drug-likeness (QED) is 0.0282. The molecule has 0 aliphatic heterocycles. The van der Waals surface area contributed by atoms with E-state index in [9.17, 15) is 19.5 Å². The van der Waals surface area contributed by atoms with E-state index in [4.69, 9.17) is 14.2 Å². The molecule has 59 heavy (non-hydrogen) atoms. The number of unbranched alkanes of at least 4 members (excludes halogenated alkanes) is 24. The molecular weight excluding hydrogens is 739 g/mol. The average Bonchev–Trinajstić information content (AvgIpc) is 3.19. The van der Waals surface area contributed by atoms with Crippen molar-refractivity contribution in [3.63, 3.8) is 0 Å². The fourth-order valence-corrected chi connectivity index (χ4v) is 7.18. The number of carbonyl (C=O) groups is 3. The largest absolute Gasteiger partial charge is 0.477 e. The SMILES string of the molecule is CCCCC/C=C/C/C=C/CCCCCCCCCC(=O)OC(COCCC(C(=O)O)[N+](C)(C)C)COC(=O)CCCCCCC/C=C/CCCCCCCCCCC. The number of carboxylic acid groups (broad SMARTS) is 1. The van der Waals surface area contributed by atoms with E-state index in [-0.39, 0.29) is 36.2 Å². The molecule has 0 spiro atoms. The topological polar surface area (TPSA) is 99.1 Å². The highest BCUT2D eigenvalue weighted by Crippen LogP contribution is 2.15. The van der Waals surface area contributed by atoms with Crippen LogP contribution in [0.4, 0.5) is 0 Å². The van der Waals surface area contributed by atoms with Crippen molar-refractivity contribution in [2.45, 2.75) is 231 Å². The first-order valence-corrected chi connectivity index (χ1v) is 24.5. The highest BCUT2D eigenvalue weighted by molar-refractivity contribution is 5.72. The van der Waals surface area contributed by atoms with Crippen LogP contribution in [-0.4, -0.2) is 80.6 Å². The minimum absolute atomic E-state index is 0.0566. The van der Waals surface area contributed by atoms with Crippen LogP contribution in [-0.2, 0) is 28.6 Å². The summed E-state index contributed by atoms with van der Waals surface area (Å²) < 4.78 is 17.3. The summed E-state index contributed by atoms with van der Waals surface area (Å²) in [5, 5.41) is 9.64. The Morgan fingerprint density at radius 1 is 0.508 bits per heavy atom. The Morgan fingerprint density at radius 3 is 1.36 bits per heavy atom. The summed E-state index contributed by atoms with van der Waals surface area (Å²) in [6, 6.07) is -0.617. The molecule has 0 aliphatic rings. The van der Waals surface area contributed by atoms with Crippen LogP contribution in [0.3, 0.4) is 0 Å². The maximum Gasteiger partial charge on any atom is 0.362 e. The zero-order valence-electron chi connectivity index (χ0n) is 39.2. The van der Waals surface area contributed by atoms with Gasteiger partial charge in [-0.25, -0.2) is 4.79 Å². The van der Waals surface area contributed by atoms with Gasteiger partial charge in [-0.1, -0.05) is 166 Å². The van der Waals surface area contributed by atoms with Crippen molar-refractivity contribution in [1.29, 1.82) is 0 Å². The minimum Gasteiger partial charge on any atom is -0.477 e. The Hall–Kier alpha value is -2.45. The third-order valence-corrected chi connectivity index (χ3v) is 11.0. The second-order valence-corrected chi connectivity index (χ2v) is 17.7. The summed E-state index contributed by atoms with van der Waals surface area (Å²) >= 11 is 0.